The number of hydrogen-bond acceptors (Lipinski definition) is 2. The molecule has 7 atom stereocenters. The Balaban J connectivity index is 1.75. The molecule has 1 N–H and O–H groups in total. The van der Waals surface area contributed by atoms with Crippen molar-refractivity contribution in [3.63, 3.8) is 0 Å². The van der Waals surface area contributed by atoms with Crippen LogP contribution in [0.3, 0.4) is 0 Å². The van der Waals surface area contributed by atoms with Crippen molar-refractivity contribution in [2.24, 2.45) is 29.1 Å². The highest BCUT2D eigenvalue weighted by Crippen LogP contribution is 2.62. The molecule has 0 saturated heterocycles. The Hall–Kier alpha value is -0.700. The molecular weight excluding hydrogens is 279 g/mol. The van der Waals surface area contributed by atoms with E-state index >= 15 is 4.39 Å². The summed E-state index contributed by atoms with van der Waals surface area (Å²) in [6.45, 7) is 4.35. The summed E-state index contributed by atoms with van der Waals surface area (Å²) in [7, 11) is 0. The third-order valence-electron chi connectivity index (χ3n) is 7.43. The van der Waals surface area contributed by atoms with Crippen LogP contribution < -0.4 is 0 Å². The number of hydrogen-bond donors (Lipinski definition) is 1. The van der Waals surface area contributed by atoms with Gasteiger partial charge in [0, 0.05) is 18.8 Å². The quantitative estimate of drug-likeness (QED) is 0.691. The molecule has 0 radical (unpaired) electrons. The first-order chi connectivity index (χ1) is 10.4. The lowest BCUT2D eigenvalue weighted by Gasteiger charge is -2.54. The predicted molar refractivity (Wildman–Crippen MR) is 83.0 cm³/mol. The summed E-state index contributed by atoms with van der Waals surface area (Å²) in [6, 6.07) is 0. The number of halogens is 1. The number of aliphatic hydroxyl groups is 1. The number of carbonyl (C=O) groups excluding carboxylic acids is 1. The van der Waals surface area contributed by atoms with Gasteiger partial charge in [0.15, 0.2) is 0 Å². The minimum atomic E-state index is -0.847. The van der Waals surface area contributed by atoms with Crippen LogP contribution in [0, 0.1) is 29.1 Å². The van der Waals surface area contributed by atoms with Crippen molar-refractivity contribution in [3.8, 4) is 0 Å². The Labute approximate surface area is 132 Å². The van der Waals surface area contributed by atoms with E-state index in [4.69, 9.17) is 0 Å². The van der Waals surface area contributed by atoms with Crippen LogP contribution in [0.1, 0.15) is 58.8 Å². The molecule has 0 heterocycles. The molecule has 0 bridgehead atoms. The zero-order chi connectivity index (χ0) is 15.6. The van der Waals surface area contributed by atoms with Crippen molar-refractivity contribution in [1.29, 1.82) is 0 Å². The zero-order valence-electron chi connectivity index (χ0n) is 13.6. The summed E-state index contributed by atoms with van der Waals surface area (Å²) in [5.41, 5.74) is 2.31. The van der Waals surface area contributed by atoms with E-state index in [1.54, 1.807) is 0 Å². The molecule has 122 valence electrons. The van der Waals surface area contributed by atoms with Crippen LogP contribution in [0.2, 0.25) is 0 Å². The van der Waals surface area contributed by atoms with E-state index in [0.29, 0.717) is 42.8 Å². The molecule has 0 aromatic carbocycles. The van der Waals surface area contributed by atoms with Crippen molar-refractivity contribution >= 4 is 5.78 Å². The molecule has 0 aliphatic heterocycles. The molecule has 2 nitrogen and oxygen atoms in total. The van der Waals surface area contributed by atoms with Crippen molar-refractivity contribution < 1.29 is 14.3 Å². The van der Waals surface area contributed by atoms with Gasteiger partial charge in [0.2, 0.25) is 0 Å². The lowest BCUT2D eigenvalue weighted by Crippen LogP contribution is -2.52. The number of ketones is 1. The van der Waals surface area contributed by atoms with E-state index in [0.717, 1.165) is 25.7 Å². The summed E-state index contributed by atoms with van der Waals surface area (Å²) in [5, 5.41) is 10.4. The van der Waals surface area contributed by atoms with E-state index in [1.807, 2.05) is 0 Å². The van der Waals surface area contributed by atoms with Crippen LogP contribution in [0.4, 0.5) is 4.39 Å². The van der Waals surface area contributed by atoms with Gasteiger partial charge in [-0.15, -0.1) is 0 Å². The van der Waals surface area contributed by atoms with Gasteiger partial charge in [0.1, 0.15) is 12.0 Å². The zero-order valence-corrected chi connectivity index (χ0v) is 13.6. The van der Waals surface area contributed by atoms with Crippen LogP contribution in [-0.4, -0.2) is 23.2 Å². The highest BCUT2D eigenvalue weighted by Gasteiger charge is 2.59. The van der Waals surface area contributed by atoms with Gasteiger partial charge < -0.3 is 5.11 Å². The minimum absolute atomic E-state index is 0.0234. The topological polar surface area (TPSA) is 37.3 Å². The molecule has 2 fully saturated rings. The molecule has 0 amide bonds. The van der Waals surface area contributed by atoms with E-state index in [1.165, 1.54) is 11.1 Å². The first-order valence-corrected chi connectivity index (χ1v) is 8.96. The first-order valence-electron chi connectivity index (χ1n) is 8.96. The molecule has 4 aliphatic rings. The molecule has 4 rings (SSSR count). The van der Waals surface area contributed by atoms with Crippen LogP contribution in [0.25, 0.3) is 0 Å². The normalized spacial score (nSPS) is 51.4. The molecule has 22 heavy (non-hydrogen) atoms. The van der Waals surface area contributed by atoms with Crippen LogP contribution >= 0.6 is 0 Å². The predicted octanol–water partition coefficient (Wildman–Crippen LogP) is 3.83. The Morgan fingerprint density at radius 1 is 1.27 bits per heavy atom. The first kappa shape index (κ1) is 14.9. The summed E-state index contributed by atoms with van der Waals surface area (Å²) >= 11 is 0. The fourth-order valence-electron chi connectivity index (χ4n) is 6.42. The van der Waals surface area contributed by atoms with Crippen molar-refractivity contribution in [1.82, 2.24) is 0 Å². The van der Waals surface area contributed by atoms with Crippen molar-refractivity contribution in [2.45, 2.75) is 71.1 Å². The summed E-state index contributed by atoms with van der Waals surface area (Å²) in [5.74, 6) is 1.59. The lowest BCUT2D eigenvalue weighted by molar-refractivity contribution is -0.119. The fraction of sp³-hybridized carbons (Fsp3) is 0.842. The Kier molecular flexibility index (Phi) is 3.31. The number of fused-ring (bicyclic) bond motifs is 4. The monoisotopic (exact) mass is 306 g/mol. The Morgan fingerprint density at radius 3 is 2.82 bits per heavy atom. The second-order valence-electron chi connectivity index (χ2n) is 8.55. The highest BCUT2D eigenvalue weighted by molar-refractivity contribution is 5.82. The highest BCUT2D eigenvalue weighted by atomic mass is 19.1. The largest absolute Gasteiger partial charge is 0.393 e. The summed E-state index contributed by atoms with van der Waals surface area (Å²) in [4.78, 5) is 11.8. The molecular formula is C19H27FO2. The standard InChI is InChI=1S/C19H27FO2/c1-10-7-11-8-12(21)3-4-13(11)18-15(20)9-19(2)14(17(10)18)5-6-16(19)22/h10,14-18,22H,3-9H2,1-2H3/t10?,14?,15?,16?,17?,18?,19-/m1/s1. The Morgan fingerprint density at radius 2 is 2.05 bits per heavy atom. The van der Waals surface area contributed by atoms with Crippen molar-refractivity contribution in [2.75, 3.05) is 0 Å². The number of rotatable bonds is 0. The van der Waals surface area contributed by atoms with Gasteiger partial charge >= 0.3 is 0 Å². The molecule has 4 aliphatic carbocycles. The average molecular weight is 306 g/mol. The van der Waals surface area contributed by atoms with E-state index < -0.39 is 6.17 Å². The molecule has 3 heteroatoms. The summed E-state index contributed by atoms with van der Waals surface area (Å²) in [6.07, 6.45) is 4.11. The molecule has 6 unspecified atom stereocenters. The number of carbonyl (C=O) groups is 1. The number of allylic oxidation sites excluding steroid dienone is 2. The fourth-order valence-corrected chi connectivity index (χ4v) is 6.42. The smallest absolute Gasteiger partial charge is 0.137 e. The SMILES string of the molecule is CC1CC2=C(CCC(=O)C2)C2C(F)C[C@@]3(C)C(O)CCC3C12. The maximum atomic E-state index is 15.2. The van der Waals surface area contributed by atoms with Gasteiger partial charge in [-0.1, -0.05) is 25.0 Å². The second-order valence-corrected chi connectivity index (χ2v) is 8.55. The minimum Gasteiger partial charge on any atom is -0.393 e. The third kappa shape index (κ3) is 1.90. The number of aliphatic hydroxyl groups excluding tert-OH is 1. The van der Waals surface area contributed by atoms with Gasteiger partial charge in [0.25, 0.3) is 0 Å². The molecule has 0 spiro atoms. The van der Waals surface area contributed by atoms with Crippen molar-refractivity contribution in [3.05, 3.63) is 11.1 Å². The van der Waals surface area contributed by atoms with E-state index in [2.05, 4.69) is 13.8 Å². The molecule has 2 saturated carbocycles. The molecule has 0 aromatic heterocycles. The van der Waals surface area contributed by atoms with Gasteiger partial charge in [-0.05, 0) is 55.3 Å². The molecule has 0 aromatic rings. The van der Waals surface area contributed by atoms with Gasteiger partial charge in [0.05, 0.1) is 6.10 Å². The van der Waals surface area contributed by atoms with Crippen LogP contribution in [0.5, 0.6) is 0 Å². The lowest BCUT2D eigenvalue weighted by atomic mass is 9.51. The van der Waals surface area contributed by atoms with Crippen LogP contribution in [0.15, 0.2) is 11.1 Å². The maximum absolute atomic E-state index is 15.2. The van der Waals surface area contributed by atoms with Gasteiger partial charge in [-0.3, -0.25) is 4.79 Å². The van der Waals surface area contributed by atoms with E-state index in [-0.39, 0.29) is 17.4 Å². The maximum Gasteiger partial charge on any atom is 0.137 e. The van der Waals surface area contributed by atoms with Gasteiger partial charge in [-0.25, -0.2) is 4.39 Å². The Bertz CT molecular complexity index is 540. The summed E-state index contributed by atoms with van der Waals surface area (Å²) < 4.78 is 15.2. The van der Waals surface area contributed by atoms with Crippen LogP contribution in [-0.2, 0) is 4.79 Å². The number of Topliss-reactive ketones (excluding diaryl/α,β-unsaturated/α-hetero) is 1. The van der Waals surface area contributed by atoms with E-state index in [9.17, 15) is 9.90 Å². The third-order valence-corrected chi connectivity index (χ3v) is 7.43. The average Bonchev–Trinajstić information content (AvgIpc) is 2.74. The number of alkyl halides is 1. The van der Waals surface area contributed by atoms with Gasteiger partial charge in [-0.2, -0.15) is 0 Å². The second kappa shape index (κ2) is 4.90.